The van der Waals surface area contributed by atoms with E-state index in [9.17, 15) is 14.4 Å². The molecule has 0 radical (unpaired) electrons. The third-order valence-corrected chi connectivity index (χ3v) is 12.4. The Bertz CT molecular complexity index is 2560. The van der Waals surface area contributed by atoms with Gasteiger partial charge in [-0.15, -0.1) is 0 Å². The molecule has 2 fully saturated rings. The van der Waals surface area contributed by atoms with Gasteiger partial charge in [-0.3, -0.25) is 14.5 Å². The molecule has 0 saturated carbocycles. The fraction of sp³-hybridized carbons (Fsp3) is 0.339. The van der Waals surface area contributed by atoms with Crippen molar-refractivity contribution in [1.82, 2.24) is 4.90 Å². The van der Waals surface area contributed by atoms with Gasteiger partial charge in [-0.25, -0.2) is 4.79 Å². The number of likely N-dealkylation sites (tertiary alicyclic amines) is 1. The van der Waals surface area contributed by atoms with Crippen molar-refractivity contribution >= 4 is 18.0 Å². The summed E-state index contributed by atoms with van der Waals surface area (Å²) in [6.45, 7) is 3.03. The van der Waals surface area contributed by atoms with Gasteiger partial charge < -0.3 is 47.4 Å². The van der Waals surface area contributed by atoms with Crippen molar-refractivity contribution < 1.29 is 61.8 Å². The van der Waals surface area contributed by atoms with Crippen LogP contribution in [0.1, 0.15) is 47.2 Å². The van der Waals surface area contributed by atoms with Crippen LogP contribution in [0.5, 0.6) is 0 Å². The fourth-order valence-electron chi connectivity index (χ4n) is 8.94. The van der Waals surface area contributed by atoms with E-state index in [4.69, 9.17) is 47.4 Å². The average Bonchev–Trinajstić information content (AvgIpc) is 3.41. The number of rotatable bonds is 23. The topological polar surface area (TPSA) is 147 Å². The van der Waals surface area contributed by atoms with E-state index in [1.54, 1.807) is 0 Å². The highest BCUT2D eigenvalue weighted by Gasteiger charge is 2.55. The Morgan fingerprint density at radius 1 is 0.452 bits per heavy atom. The van der Waals surface area contributed by atoms with E-state index < -0.39 is 73.1 Å². The maximum atomic E-state index is 14.6. The predicted octanol–water partition coefficient (Wildman–Crippen LogP) is 9.17. The monoisotopic (exact) mass is 993 g/mol. The standard InChI is InChI=1S/C59H63NO13/c1-42(61)70-51-33-60(59(63)69-39-49-31-19-8-20-32-49)50(40-64-34-44-21-9-3-10-22-44)53(55(51)71-43(2)62)73-58-57(68-38-48-29-17-7-18-30-48)56(67-37-47-27-15-6-16-28-47)54(66-36-46-25-13-5-14-26-46)52(72-58)41-65-35-45-23-11-4-12-24-45/h3-32,50-58H,33-41H2,1-2H3/t50-,51+,52-,53-,54-,55-,56+,57-,58?/m1/s1. The first kappa shape index (κ1) is 52.6. The summed E-state index contributed by atoms with van der Waals surface area (Å²) in [7, 11) is 0. The number of nitrogens with zero attached hydrogens (tertiary/aromatic N) is 1. The van der Waals surface area contributed by atoms with Gasteiger partial charge in [0.25, 0.3) is 0 Å². The fourth-order valence-corrected chi connectivity index (χ4v) is 8.94. The normalized spacial score (nSPS) is 22.8. The second-order valence-electron chi connectivity index (χ2n) is 17.9. The van der Waals surface area contributed by atoms with E-state index in [0.29, 0.717) is 0 Å². The number of ether oxygens (including phenoxy) is 10. The quantitative estimate of drug-likeness (QED) is 0.0445. The highest BCUT2D eigenvalue weighted by Crippen LogP contribution is 2.36. The average molecular weight is 994 g/mol. The summed E-state index contributed by atoms with van der Waals surface area (Å²) < 4.78 is 66.1. The molecule has 2 heterocycles. The van der Waals surface area contributed by atoms with Gasteiger partial charge in [-0.05, 0) is 33.4 Å². The zero-order valence-electron chi connectivity index (χ0n) is 41.1. The molecule has 0 bridgehead atoms. The molecule has 2 aliphatic rings. The highest BCUT2D eigenvalue weighted by molar-refractivity contribution is 5.70. The Kier molecular flexibility index (Phi) is 19.7. The third-order valence-electron chi connectivity index (χ3n) is 12.4. The number of benzene rings is 6. The van der Waals surface area contributed by atoms with Crippen molar-refractivity contribution in [2.45, 2.75) is 109 Å². The molecular formula is C59H63NO13. The first-order chi connectivity index (χ1) is 35.8. The van der Waals surface area contributed by atoms with Gasteiger partial charge in [0.15, 0.2) is 18.5 Å². The molecule has 6 aromatic rings. The van der Waals surface area contributed by atoms with E-state index in [1.165, 1.54) is 18.7 Å². The molecule has 14 heteroatoms. The first-order valence-corrected chi connectivity index (χ1v) is 24.6. The lowest BCUT2D eigenvalue weighted by atomic mass is 9.92. The van der Waals surface area contributed by atoms with Gasteiger partial charge >= 0.3 is 18.0 Å². The lowest BCUT2D eigenvalue weighted by Crippen LogP contribution is -2.69. The minimum absolute atomic E-state index is 0.0283. The summed E-state index contributed by atoms with van der Waals surface area (Å²) in [4.78, 5) is 42.1. The minimum Gasteiger partial charge on any atom is -0.457 e. The second kappa shape index (κ2) is 27.3. The Morgan fingerprint density at radius 2 is 0.849 bits per heavy atom. The second-order valence-corrected chi connectivity index (χ2v) is 17.9. The highest BCUT2D eigenvalue weighted by atomic mass is 16.7. The van der Waals surface area contributed by atoms with E-state index in [-0.39, 0.29) is 59.4 Å². The Hall–Kier alpha value is -6.75. The summed E-state index contributed by atoms with van der Waals surface area (Å²) in [6.07, 6.45) is -9.47. The summed E-state index contributed by atoms with van der Waals surface area (Å²) in [5.74, 6) is -1.34. The van der Waals surface area contributed by atoms with Crippen molar-refractivity contribution in [3.05, 3.63) is 215 Å². The molecular weight excluding hydrogens is 931 g/mol. The van der Waals surface area contributed by atoms with Gasteiger partial charge in [0, 0.05) is 13.8 Å². The van der Waals surface area contributed by atoms with Crippen molar-refractivity contribution in [3.63, 3.8) is 0 Å². The maximum Gasteiger partial charge on any atom is 0.410 e. The molecule has 0 aromatic heterocycles. The van der Waals surface area contributed by atoms with Crippen molar-refractivity contribution in [3.8, 4) is 0 Å². The van der Waals surface area contributed by atoms with Gasteiger partial charge in [-0.2, -0.15) is 0 Å². The number of esters is 2. The molecule has 73 heavy (non-hydrogen) atoms. The van der Waals surface area contributed by atoms with Crippen LogP contribution in [0.3, 0.4) is 0 Å². The molecule has 1 unspecified atom stereocenters. The SMILES string of the molecule is CC(=O)O[C@H]1[C@H](OC2O[C@H](COCc3ccccc3)[C@@H](OCc3ccccc3)[C@H](OCc3ccccc3)[C@H]2OCc2ccccc2)[C@@H](COCc2ccccc2)N(C(=O)OCc2ccccc2)C[C@@H]1OC(C)=O. The van der Waals surface area contributed by atoms with Crippen LogP contribution in [0.2, 0.25) is 0 Å². The molecule has 6 aromatic carbocycles. The molecule has 382 valence electrons. The molecule has 14 nitrogen and oxygen atoms in total. The van der Waals surface area contributed by atoms with E-state index in [0.717, 1.165) is 33.4 Å². The van der Waals surface area contributed by atoms with Gasteiger partial charge in [-0.1, -0.05) is 182 Å². The van der Waals surface area contributed by atoms with Crippen LogP contribution in [0.4, 0.5) is 4.79 Å². The molecule has 0 N–H and O–H groups in total. The number of piperidine rings is 1. The van der Waals surface area contributed by atoms with Crippen LogP contribution < -0.4 is 0 Å². The van der Waals surface area contributed by atoms with Crippen LogP contribution in [0, 0.1) is 0 Å². The van der Waals surface area contributed by atoms with Crippen LogP contribution >= 0.6 is 0 Å². The van der Waals surface area contributed by atoms with Gasteiger partial charge in [0.1, 0.15) is 37.1 Å². The van der Waals surface area contributed by atoms with Gasteiger partial charge in [0.2, 0.25) is 0 Å². The molecule has 1 amide bonds. The molecule has 2 saturated heterocycles. The minimum atomic E-state index is -1.33. The zero-order valence-corrected chi connectivity index (χ0v) is 41.1. The summed E-state index contributed by atoms with van der Waals surface area (Å²) in [5, 5.41) is 0. The number of carbonyl (C=O) groups is 3. The number of carbonyl (C=O) groups excluding carboxylic acids is 3. The molecule has 0 aliphatic carbocycles. The lowest BCUT2D eigenvalue weighted by molar-refractivity contribution is -0.348. The van der Waals surface area contributed by atoms with Crippen molar-refractivity contribution in [1.29, 1.82) is 0 Å². The number of hydrogen-bond acceptors (Lipinski definition) is 13. The van der Waals surface area contributed by atoms with Crippen LogP contribution in [-0.4, -0.2) is 97.7 Å². The molecule has 8 rings (SSSR count). The molecule has 2 aliphatic heterocycles. The summed E-state index contributed by atoms with van der Waals surface area (Å²) >= 11 is 0. The number of hydrogen-bond donors (Lipinski definition) is 0. The molecule has 9 atom stereocenters. The van der Waals surface area contributed by atoms with E-state index >= 15 is 0 Å². The third kappa shape index (κ3) is 15.6. The van der Waals surface area contributed by atoms with E-state index in [1.807, 2.05) is 182 Å². The van der Waals surface area contributed by atoms with Crippen LogP contribution in [0.15, 0.2) is 182 Å². The van der Waals surface area contributed by atoms with Crippen molar-refractivity contribution in [2.24, 2.45) is 0 Å². The Morgan fingerprint density at radius 3 is 1.30 bits per heavy atom. The van der Waals surface area contributed by atoms with Crippen LogP contribution in [-0.2, 0) is 96.6 Å². The predicted molar refractivity (Wildman–Crippen MR) is 269 cm³/mol. The first-order valence-electron chi connectivity index (χ1n) is 24.6. The maximum absolute atomic E-state index is 14.6. The number of amides is 1. The van der Waals surface area contributed by atoms with Crippen LogP contribution in [0.25, 0.3) is 0 Å². The van der Waals surface area contributed by atoms with E-state index in [2.05, 4.69) is 0 Å². The summed E-state index contributed by atoms with van der Waals surface area (Å²) in [5.41, 5.74) is 5.28. The Labute approximate surface area is 426 Å². The zero-order chi connectivity index (χ0) is 50.6. The Balaban J connectivity index is 1.21. The lowest BCUT2D eigenvalue weighted by Gasteiger charge is -2.50. The van der Waals surface area contributed by atoms with Crippen molar-refractivity contribution in [2.75, 3.05) is 19.8 Å². The van der Waals surface area contributed by atoms with Gasteiger partial charge in [0.05, 0.1) is 58.8 Å². The smallest absolute Gasteiger partial charge is 0.410 e. The largest absolute Gasteiger partial charge is 0.457 e. The summed E-state index contributed by atoms with van der Waals surface area (Å²) in [6, 6.07) is 56.8. The molecule has 0 spiro atoms.